The number of benzene rings is 1. The summed E-state index contributed by atoms with van der Waals surface area (Å²) < 4.78 is 13.8. The van der Waals surface area contributed by atoms with E-state index in [4.69, 9.17) is 5.11 Å². The van der Waals surface area contributed by atoms with Gasteiger partial charge in [0.25, 0.3) is 5.69 Å². The standard InChI is InChI=1S/C11H14BrFN2O3/c1-7(13)8-5-11(15(17)18)10(6-9(8)12)14(2)3-4-16/h5-7,16H,3-4H2,1-2H3. The van der Waals surface area contributed by atoms with Crippen LogP contribution in [0.4, 0.5) is 15.8 Å². The second-order valence-electron chi connectivity index (χ2n) is 3.88. The molecule has 0 aliphatic heterocycles. The maximum absolute atomic E-state index is 13.3. The van der Waals surface area contributed by atoms with Gasteiger partial charge in [0, 0.05) is 29.7 Å². The summed E-state index contributed by atoms with van der Waals surface area (Å²) in [7, 11) is 1.63. The molecular weight excluding hydrogens is 307 g/mol. The Labute approximate surface area is 112 Å². The van der Waals surface area contributed by atoms with Crippen molar-refractivity contribution < 1.29 is 14.4 Å². The first kappa shape index (κ1) is 14.8. The zero-order chi connectivity index (χ0) is 13.9. The summed E-state index contributed by atoms with van der Waals surface area (Å²) in [6.07, 6.45) is -1.30. The first-order chi connectivity index (χ1) is 8.38. The smallest absolute Gasteiger partial charge is 0.292 e. The van der Waals surface area contributed by atoms with Crippen LogP contribution in [0, 0.1) is 10.1 Å². The van der Waals surface area contributed by atoms with Crippen LogP contribution in [0.2, 0.25) is 0 Å². The van der Waals surface area contributed by atoms with Gasteiger partial charge in [-0.2, -0.15) is 0 Å². The number of hydrogen-bond acceptors (Lipinski definition) is 4. The second kappa shape index (κ2) is 6.10. The summed E-state index contributed by atoms with van der Waals surface area (Å²) in [5, 5.41) is 19.9. The van der Waals surface area contributed by atoms with E-state index in [1.165, 1.54) is 19.1 Å². The average Bonchev–Trinajstić information content (AvgIpc) is 2.27. The molecule has 1 unspecified atom stereocenters. The Kier molecular flexibility index (Phi) is 5.03. The Morgan fingerprint density at radius 3 is 2.67 bits per heavy atom. The highest BCUT2D eigenvalue weighted by Gasteiger charge is 2.22. The number of anilines is 1. The highest BCUT2D eigenvalue weighted by Crippen LogP contribution is 2.36. The predicted molar refractivity (Wildman–Crippen MR) is 70.7 cm³/mol. The molecule has 1 rings (SSSR count). The third-order valence-corrected chi connectivity index (χ3v) is 3.25. The molecule has 0 aliphatic carbocycles. The van der Waals surface area contributed by atoms with Crippen LogP contribution < -0.4 is 4.90 Å². The number of nitro benzene ring substituents is 1. The second-order valence-corrected chi connectivity index (χ2v) is 4.74. The van der Waals surface area contributed by atoms with Crippen LogP contribution in [0.5, 0.6) is 0 Å². The number of hydrogen-bond donors (Lipinski definition) is 1. The fourth-order valence-electron chi connectivity index (χ4n) is 1.59. The molecular formula is C11H14BrFN2O3. The van der Waals surface area contributed by atoms with Crippen molar-refractivity contribution in [3.63, 3.8) is 0 Å². The van der Waals surface area contributed by atoms with Gasteiger partial charge in [-0.3, -0.25) is 10.1 Å². The summed E-state index contributed by atoms with van der Waals surface area (Å²) >= 11 is 3.20. The summed E-state index contributed by atoms with van der Waals surface area (Å²) in [4.78, 5) is 12.0. The van der Waals surface area contributed by atoms with Crippen molar-refractivity contribution in [1.82, 2.24) is 0 Å². The Bertz CT molecular complexity index is 454. The maximum atomic E-state index is 13.3. The quantitative estimate of drug-likeness (QED) is 0.669. The molecule has 0 bridgehead atoms. The molecule has 1 aromatic rings. The van der Waals surface area contributed by atoms with Crippen molar-refractivity contribution in [3.8, 4) is 0 Å². The molecule has 1 atom stereocenters. The summed E-state index contributed by atoms with van der Waals surface area (Å²) in [5.74, 6) is 0. The first-order valence-electron chi connectivity index (χ1n) is 5.32. The molecule has 5 nitrogen and oxygen atoms in total. The van der Waals surface area contributed by atoms with E-state index in [1.807, 2.05) is 0 Å². The van der Waals surface area contributed by atoms with E-state index in [0.717, 1.165) is 0 Å². The molecule has 0 saturated heterocycles. The average molecular weight is 321 g/mol. The van der Waals surface area contributed by atoms with E-state index in [9.17, 15) is 14.5 Å². The van der Waals surface area contributed by atoms with E-state index in [-0.39, 0.29) is 24.4 Å². The van der Waals surface area contributed by atoms with Crippen LogP contribution >= 0.6 is 15.9 Å². The van der Waals surface area contributed by atoms with E-state index >= 15 is 0 Å². The maximum Gasteiger partial charge on any atom is 0.292 e. The van der Waals surface area contributed by atoms with Crippen LogP contribution in [-0.2, 0) is 0 Å². The van der Waals surface area contributed by atoms with Gasteiger partial charge in [0.05, 0.1) is 11.5 Å². The largest absolute Gasteiger partial charge is 0.395 e. The van der Waals surface area contributed by atoms with Crippen molar-refractivity contribution in [2.24, 2.45) is 0 Å². The van der Waals surface area contributed by atoms with E-state index < -0.39 is 11.1 Å². The number of nitro groups is 1. The lowest BCUT2D eigenvalue weighted by atomic mass is 10.1. The first-order valence-corrected chi connectivity index (χ1v) is 6.11. The minimum atomic E-state index is -1.30. The third kappa shape index (κ3) is 3.17. The van der Waals surface area contributed by atoms with Gasteiger partial charge < -0.3 is 10.0 Å². The molecule has 1 aromatic carbocycles. The molecule has 7 heteroatoms. The van der Waals surface area contributed by atoms with Gasteiger partial charge >= 0.3 is 0 Å². The zero-order valence-electron chi connectivity index (χ0n) is 10.1. The number of rotatable bonds is 5. The Morgan fingerprint density at radius 1 is 1.61 bits per heavy atom. The minimum Gasteiger partial charge on any atom is -0.395 e. The molecule has 0 aliphatic rings. The fourth-order valence-corrected chi connectivity index (χ4v) is 2.24. The molecule has 18 heavy (non-hydrogen) atoms. The van der Waals surface area contributed by atoms with Gasteiger partial charge in [0.1, 0.15) is 11.9 Å². The van der Waals surface area contributed by atoms with Crippen molar-refractivity contribution in [2.45, 2.75) is 13.1 Å². The van der Waals surface area contributed by atoms with Crippen LogP contribution in [0.3, 0.4) is 0 Å². The highest BCUT2D eigenvalue weighted by molar-refractivity contribution is 9.10. The Hall–Kier alpha value is -1.21. The zero-order valence-corrected chi connectivity index (χ0v) is 11.6. The van der Waals surface area contributed by atoms with Crippen LogP contribution in [-0.4, -0.2) is 30.2 Å². The monoisotopic (exact) mass is 320 g/mol. The lowest BCUT2D eigenvalue weighted by molar-refractivity contribution is -0.384. The van der Waals surface area contributed by atoms with Crippen molar-refractivity contribution in [1.29, 1.82) is 0 Å². The number of aliphatic hydroxyl groups is 1. The molecule has 0 radical (unpaired) electrons. The summed E-state index contributed by atoms with van der Waals surface area (Å²) in [5.41, 5.74) is 0.404. The van der Waals surface area contributed by atoms with Crippen LogP contribution in [0.1, 0.15) is 18.7 Å². The molecule has 0 spiro atoms. The summed E-state index contributed by atoms with van der Waals surface area (Å²) in [6, 6.07) is 2.72. The highest BCUT2D eigenvalue weighted by atomic mass is 79.9. The van der Waals surface area contributed by atoms with Crippen molar-refractivity contribution in [2.75, 3.05) is 25.1 Å². The van der Waals surface area contributed by atoms with Gasteiger partial charge in [-0.1, -0.05) is 15.9 Å². The summed E-state index contributed by atoms with van der Waals surface area (Å²) in [6.45, 7) is 1.46. The number of aliphatic hydroxyl groups excluding tert-OH is 1. The molecule has 0 amide bonds. The number of alkyl halides is 1. The molecule has 100 valence electrons. The van der Waals surface area contributed by atoms with Gasteiger partial charge in [-0.15, -0.1) is 0 Å². The Morgan fingerprint density at radius 2 is 2.22 bits per heavy atom. The number of halogens is 2. The molecule has 0 fully saturated rings. The van der Waals surface area contributed by atoms with E-state index in [1.54, 1.807) is 11.9 Å². The topological polar surface area (TPSA) is 66.6 Å². The normalized spacial score (nSPS) is 12.3. The van der Waals surface area contributed by atoms with Gasteiger partial charge in [0.2, 0.25) is 0 Å². The Balaban J connectivity index is 3.33. The van der Waals surface area contributed by atoms with Gasteiger partial charge in [-0.05, 0) is 13.0 Å². The van der Waals surface area contributed by atoms with Crippen LogP contribution in [0.25, 0.3) is 0 Å². The van der Waals surface area contributed by atoms with Crippen LogP contribution in [0.15, 0.2) is 16.6 Å². The lowest BCUT2D eigenvalue weighted by Gasteiger charge is -2.19. The minimum absolute atomic E-state index is 0.119. The lowest BCUT2D eigenvalue weighted by Crippen LogP contribution is -2.22. The molecule has 0 aromatic heterocycles. The third-order valence-electron chi connectivity index (χ3n) is 2.57. The van der Waals surface area contributed by atoms with Crippen molar-refractivity contribution in [3.05, 3.63) is 32.3 Å². The number of likely N-dealkylation sites (N-methyl/N-ethyl adjacent to an activating group) is 1. The predicted octanol–water partition coefficient (Wildman–Crippen LogP) is 2.82. The molecule has 0 heterocycles. The van der Waals surface area contributed by atoms with Gasteiger partial charge in [0.15, 0.2) is 0 Å². The van der Waals surface area contributed by atoms with E-state index in [0.29, 0.717) is 10.2 Å². The fraction of sp³-hybridized carbons (Fsp3) is 0.455. The van der Waals surface area contributed by atoms with E-state index in [2.05, 4.69) is 15.9 Å². The molecule has 1 N–H and O–H groups in total. The SMILES string of the molecule is CC(F)c1cc([N+](=O)[O-])c(N(C)CCO)cc1Br. The number of nitrogens with zero attached hydrogens (tertiary/aromatic N) is 2. The molecule has 0 saturated carbocycles. The van der Waals surface area contributed by atoms with Crippen molar-refractivity contribution >= 4 is 27.3 Å². The van der Waals surface area contributed by atoms with Gasteiger partial charge in [-0.25, -0.2) is 4.39 Å².